The minimum Gasteiger partial charge on any atom is -0.495 e. The van der Waals surface area contributed by atoms with Crippen LogP contribution in [0, 0.1) is 5.92 Å². The van der Waals surface area contributed by atoms with Gasteiger partial charge in [0, 0.05) is 37.8 Å². The van der Waals surface area contributed by atoms with Crippen molar-refractivity contribution in [3.63, 3.8) is 0 Å². The predicted octanol–water partition coefficient (Wildman–Crippen LogP) is 2.97. The Hall–Kier alpha value is -3.17. The van der Waals surface area contributed by atoms with Crippen LogP contribution in [0.4, 0.5) is 5.69 Å². The molecule has 0 saturated carbocycles. The van der Waals surface area contributed by atoms with Crippen LogP contribution in [-0.2, 0) is 26.0 Å². The number of carbonyl (C=O) groups excluding carboxylic acids is 2. The molecule has 0 radical (unpaired) electrons. The van der Waals surface area contributed by atoms with Gasteiger partial charge >= 0.3 is 0 Å². The van der Waals surface area contributed by atoms with E-state index in [2.05, 4.69) is 17.2 Å². The molecule has 34 heavy (non-hydrogen) atoms. The molecule has 2 aromatic rings. The molecule has 0 bridgehead atoms. The summed E-state index contributed by atoms with van der Waals surface area (Å²) in [5.41, 5.74) is 1.55. The molecule has 0 unspecified atom stereocenters. The molecule has 182 valence electrons. The van der Waals surface area contributed by atoms with Crippen LogP contribution in [0.3, 0.4) is 0 Å². The highest BCUT2D eigenvalue weighted by atomic mass is 32.2. The molecule has 0 aliphatic carbocycles. The fraction of sp³-hybridized carbons (Fsp3) is 0.360. The van der Waals surface area contributed by atoms with E-state index in [1.165, 1.54) is 29.6 Å². The van der Waals surface area contributed by atoms with Gasteiger partial charge in [0.2, 0.25) is 21.8 Å². The van der Waals surface area contributed by atoms with Crippen molar-refractivity contribution in [1.29, 1.82) is 0 Å². The average molecular weight is 486 g/mol. The number of hydrogen-bond acceptors (Lipinski definition) is 5. The van der Waals surface area contributed by atoms with Crippen molar-refractivity contribution in [1.82, 2.24) is 9.62 Å². The molecule has 0 atom stereocenters. The number of piperidine rings is 1. The molecule has 2 N–H and O–H groups in total. The van der Waals surface area contributed by atoms with E-state index in [9.17, 15) is 18.0 Å². The predicted molar refractivity (Wildman–Crippen MR) is 131 cm³/mol. The lowest BCUT2D eigenvalue weighted by atomic mass is 9.98. The zero-order valence-electron chi connectivity index (χ0n) is 19.3. The van der Waals surface area contributed by atoms with E-state index >= 15 is 0 Å². The maximum Gasteiger partial charge on any atom is 0.246 e. The fourth-order valence-corrected chi connectivity index (χ4v) is 5.50. The number of methoxy groups -OCH3 is 1. The number of nitrogens with zero attached hydrogens (tertiary/aromatic N) is 1. The van der Waals surface area contributed by atoms with Gasteiger partial charge in [-0.1, -0.05) is 36.9 Å². The summed E-state index contributed by atoms with van der Waals surface area (Å²) >= 11 is 0. The Morgan fingerprint density at radius 3 is 2.50 bits per heavy atom. The lowest BCUT2D eigenvalue weighted by Crippen LogP contribution is -2.41. The van der Waals surface area contributed by atoms with Crippen LogP contribution in [0.25, 0.3) is 0 Å². The van der Waals surface area contributed by atoms with Crippen LogP contribution >= 0.6 is 0 Å². The third-order valence-corrected chi connectivity index (χ3v) is 7.81. The van der Waals surface area contributed by atoms with Crippen LogP contribution in [-0.4, -0.2) is 51.3 Å². The zero-order chi connectivity index (χ0) is 24.6. The van der Waals surface area contributed by atoms with Gasteiger partial charge in [0.1, 0.15) is 10.6 Å². The van der Waals surface area contributed by atoms with Crippen molar-refractivity contribution in [2.45, 2.75) is 30.6 Å². The second-order valence-corrected chi connectivity index (χ2v) is 10.1. The van der Waals surface area contributed by atoms with Gasteiger partial charge in [-0.2, -0.15) is 4.31 Å². The molecule has 1 heterocycles. The number of aryl methyl sites for hydroxylation is 1. The lowest BCUT2D eigenvalue weighted by molar-refractivity contribution is -0.117. The molecule has 1 fully saturated rings. The van der Waals surface area contributed by atoms with Gasteiger partial charge < -0.3 is 15.4 Å². The normalized spacial score (nSPS) is 14.9. The number of anilines is 1. The zero-order valence-corrected chi connectivity index (χ0v) is 20.1. The summed E-state index contributed by atoms with van der Waals surface area (Å²) in [7, 11) is -2.36. The van der Waals surface area contributed by atoms with Gasteiger partial charge in [-0.25, -0.2) is 8.42 Å². The van der Waals surface area contributed by atoms with E-state index in [0.29, 0.717) is 51.0 Å². The molecule has 3 rings (SSSR count). The summed E-state index contributed by atoms with van der Waals surface area (Å²) in [6, 6.07) is 14.3. The fourth-order valence-electron chi connectivity index (χ4n) is 3.89. The van der Waals surface area contributed by atoms with Crippen molar-refractivity contribution in [3.05, 3.63) is 66.7 Å². The topological polar surface area (TPSA) is 105 Å². The Morgan fingerprint density at radius 2 is 1.85 bits per heavy atom. The van der Waals surface area contributed by atoms with Crippen molar-refractivity contribution in [2.75, 3.05) is 32.1 Å². The monoisotopic (exact) mass is 485 g/mol. The van der Waals surface area contributed by atoms with Crippen LogP contribution in [0.2, 0.25) is 0 Å². The van der Waals surface area contributed by atoms with E-state index in [-0.39, 0.29) is 28.4 Å². The number of benzene rings is 2. The van der Waals surface area contributed by atoms with Crippen molar-refractivity contribution in [3.8, 4) is 5.75 Å². The molecular weight excluding hydrogens is 454 g/mol. The van der Waals surface area contributed by atoms with Gasteiger partial charge in [0.05, 0.1) is 7.11 Å². The van der Waals surface area contributed by atoms with E-state index in [4.69, 9.17) is 4.74 Å². The molecule has 0 spiro atoms. The largest absolute Gasteiger partial charge is 0.495 e. The summed E-state index contributed by atoms with van der Waals surface area (Å²) in [5.74, 6) is 0.00566. The van der Waals surface area contributed by atoms with Crippen molar-refractivity contribution >= 4 is 27.5 Å². The highest BCUT2D eigenvalue weighted by Crippen LogP contribution is 2.32. The first-order valence-corrected chi connectivity index (χ1v) is 12.7. The number of amides is 2. The first-order valence-electron chi connectivity index (χ1n) is 11.3. The standard InChI is InChI=1S/C25H31N3O5S/c1-3-24(29)26-18-20-13-15-28(16-14-20)34(31,32)23-11-10-21(17-22(23)33-2)27-25(30)12-9-19-7-5-4-6-8-19/h3-8,10-11,17,20H,1,9,12-16,18H2,2H3,(H,26,29)(H,27,30). The van der Waals surface area contributed by atoms with E-state index in [0.717, 1.165) is 5.56 Å². The Labute approximate surface area is 201 Å². The minimum absolute atomic E-state index is 0.0655. The maximum absolute atomic E-state index is 13.3. The number of nitrogens with one attached hydrogen (secondary N) is 2. The second-order valence-electron chi connectivity index (χ2n) is 8.20. The van der Waals surface area contributed by atoms with Gasteiger partial charge in [0.15, 0.2) is 0 Å². The summed E-state index contributed by atoms with van der Waals surface area (Å²) in [4.78, 5) is 23.8. The van der Waals surface area contributed by atoms with Gasteiger partial charge in [-0.15, -0.1) is 0 Å². The molecule has 2 aromatic carbocycles. The highest BCUT2D eigenvalue weighted by Gasteiger charge is 2.31. The van der Waals surface area contributed by atoms with E-state index in [1.807, 2.05) is 30.3 Å². The summed E-state index contributed by atoms with van der Waals surface area (Å²) in [5, 5.41) is 5.58. The van der Waals surface area contributed by atoms with Crippen LogP contribution in [0.1, 0.15) is 24.8 Å². The molecule has 0 aromatic heterocycles. The number of hydrogen-bond donors (Lipinski definition) is 2. The summed E-state index contributed by atoms with van der Waals surface area (Å²) < 4.78 is 33.3. The van der Waals surface area contributed by atoms with Crippen molar-refractivity contribution in [2.24, 2.45) is 5.92 Å². The number of sulfonamides is 1. The third-order valence-electron chi connectivity index (χ3n) is 5.87. The van der Waals surface area contributed by atoms with Crippen LogP contribution < -0.4 is 15.4 Å². The first kappa shape index (κ1) is 25.5. The molecule has 1 aliphatic heterocycles. The van der Waals surface area contributed by atoms with Gasteiger partial charge in [-0.3, -0.25) is 9.59 Å². The first-order chi connectivity index (χ1) is 16.3. The van der Waals surface area contributed by atoms with Crippen molar-refractivity contribution < 1.29 is 22.7 Å². The number of rotatable bonds is 10. The molecule has 1 saturated heterocycles. The SMILES string of the molecule is C=CC(=O)NCC1CCN(S(=O)(=O)c2ccc(NC(=O)CCc3ccccc3)cc2OC)CC1. The Kier molecular flexibility index (Phi) is 8.84. The van der Waals surface area contributed by atoms with E-state index in [1.54, 1.807) is 6.07 Å². The third kappa shape index (κ3) is 6.68. The molecular formula is C25H31N3O5S. The van der Waals surface area contributed by atoms with Gasteiger partial charge in [-0.05, 0) is 49.0 Å². The Balaban J connectivity index is 1.61. The molecule has 1 aliphatic rings. The Morgan fingerprint density at radius 1 is 1.15 bits per heavy atom. The lowest BCUT2D eigenvalue weighted by Gasteiger charge is -2.31. The number of ether oxygens (including phenoxy) is 1. The van der Waals surface area contributed by atoms with E-state index < -0.39 is 10.0 Å². The quantitative estimate of drug-likeness (QED) is 0.504. The van der Waals surface area contributed by atoms with Gasteiger partial charge in [0.25, 0.3) is 0 Å². The Bertz CT molecular complexity index is 1110. The minimum atomic E-state index is -3.76. The van der Waals surface area contributed by atoms with Crippen LogP contribution in [0.15, 0.2) is 66.1 Å². The molecule has 8 nitrogen and oxygen atoms in total. The maximum atomic E-state index is 13.3. The molecule has 9 heteroatoms. The summed E-state index contributed by atoms with van der Waals surface area (Å²) in [6.07, 6.45) is 3.45. The number of carbonyl (C=O) groups is 2. The summed E-state index contributed by atoms with van der Waals surface area (Å²) in [6.45, 7) is 4.65. The second kappa shape index (κ2) is 11.8. The van der Waals surface area contributed by atoms with Crippen LogP contribution in [0.5, 0.6) is 5.75 Å². The smallest absolute Gasteiger partial charge is 0.246 e. The molecule has 2 amide bonds. The highest BCUT2D eigenvalue weighted by molar-refractivity contribution is 7.89. The average Bonchev–Trinajstić information content (AvgIpc) is 2.86.